The van der Waals surface area contributed by atoms with E-state index in [4.69, 9.17) is 23.7 Å². The molecule has 4 atom stereocenters. The summed E-state index contributed by atoms with van der Waals surface area (Å²) in [5, 5.41) is 0. The summed E-state index contributed by atoms with van der Waals surface area (Å²) in [4.78, 5) is 72.5. The largest absolute Gasteiger partial charge is 0.458 e. The number of benzene rings is 2. The molecule has 56 heavy (non-hydrogen) atoms. The van der Waals surface area contributed by atoms with Crippen LogP contribution in [0.3, 0.4) is 0 Å². The summed E-state index contributed by atoms with van der Waals surface area (Å²) in [7, 11) is 2.74. The predicted molar refractivity (Wildman–Crippen MR) is 206 cm³/mol. The monoisotopic (exact) mass is 783 g/mol. The van der Waals surface area contributed by atoms with E-state index in [0.29, 0.717) is 18.8 Å². The van der Waals surface area contributed by atoms with Gasteiger partial charge in [-0.05, 0) is 77.1 Å². The van der Waals surface area contributed by atoms with Crippen molar-refractivity contribution < 1.29 is 52.0 Å². The van der Waals surface area contributed by atoms with E-state index in [-0.39, 0.29) is 25.4 Å². The molecule has 0 N–H and O–H groups in total. The number of nitrogens with zero attached hydrogens (tertiary/aromatic N) is 3. The molecule has 1 saturated carbocycles. The molecule has 0 aromatic heterocycles. The molecule has 14 heteroatoms. The minimum Gasteiger partial charge on any atom is -0.458 e. The molecule has 4 rings (SSSR count). The van der Waals surface area contributed by atoms with Gasteiger partial charge in [0.05, 0.1) is 13.2 Å². The minimum absolute atomic E-state index is 0.00434. The second-order valence-corrected chi connectivity index (χ2v) is 16.2. The number of amides is 2. The third kappa shape index (κ3) is 13.8. The van der Waals surface area contributed by atoms with E-state index in [1.807, 2.05) is 42.5 Å². The number of alkyl halides is 1. The highest BCUT2D eigenvalue weighted by atomic mass is 19.1. The van der Waals surface area contributed by atoms with Crippen LogP contribution in [0.4, 0.5) is 14.9 Å². The SMILES string of the molecule is CC(OC(=O)C(CC1CC1)N(C)C(=O)C(Cc1ccc(N2CCOCC2)cc1)OC(=O)C(CC(C)(C)F)N(C)C(=O)OC(C)(C)C)C(=O)OCc1ccccc1. The van der Waals surface area contributed by atoms with Crippen LogP contribution in [0, 0.1) is 5.92 Å². The average molecular weight is 784 g/mol. The van der Waals surface area contributed by atoms with Gasteiger partial charge in [0.25, 0.3) is 5.91 Å². The van der Waals surface area contributed by atoms with Crippen LogP contribution in [0.2, 0.25) is 0 Å². The maximum absolute atomic E-state index is 15.2. The Balaban J connectivity index is 1.58. The molecule has 0 radical (unpaired) electrons. The van der Waals surface area contributed by atoms with Crippen molar-refractivity contribution in [3.05, 3.63) is 65.7 Å². The Kier molecular flexibility index (Phi) is 15.3. The smallest absolute Gasteiger partial charge is 0.410 e. The normalized spacial score (nSPS) is 16.8. The quantitative estimate of drug-likeness (QED) is 0.145. The van der Waals surface area contributed by atoms with E-state index < -0.39 is 71.9 Å². The van der Waals surface area contributed by atoms with Gasteiger partial charge < -0.3 is 33.5 Å². The van der Waals surface area contributed by atoms with E-state index in [9.17, 15) is 24.0 Å². The van der Waals surface area contributed by atoms with Gasteiger partial charge in [0.1, 0.15) is 30.0 Å². The van der Waals surface area contributed by atoms with Crippen molar-refractivity contribution in [1.29, 1.82) is 0 Å². The standard InChI is InChI=1S/C42H58FN3O10/c1-28(37(48)53-27-31-12-10-9-11-13-31)54-38(49)33(24-29-14-15-29)44(7)36(47)35(25-30-16-18-32(19-17-30)46-20-22-52-23-21-46)55-39(50)34(26-42(5,6)43)45(8)40(51)56-41(2,3)4/h9-13,16-19,28-29,33-35H,14-15,20-27H2,1-8H3. The van der Waals surface area contributed by atoms with E-state index in [1.165, 1.54) is 39.8 Å². The molecule has 1 aliphatic carbocycles. The van der Waals surface area contributed by atoms with Gasteiger partial charge in [-0.25, -0.2) is 23.6 Å². The highest BCUT2D eigenvalue weighted by Gasteiger charge is 2.42. The Labute approximate surface area is 329 Å². The van der Waals surface area contributed by atoms with E-state index in [1.54, 1.807) is 32.9 Å². The van der Waals surface area contributed by atoms with E-state index in [0.717, 1.165) is 42.1 Å². The Bertz CT molecular complexity index is 1630. The summed E-state index contributed by atoms with van der Waals surface area (Å²) in [6.07, 6.45) is -2.18. The number of likely N-dealkylation sites (N-methyl/N-ethyl adjacent to an activating group) is 2. The maximum atomic E-state index is 15.2. The second-order valence-electron chi connectivity index (χ2n) is 16.2. The number of esters is 3. The summed E-state index contributed by atoms with van der Waals surface area (Å²) in [6.45, 7) is 11.6. The number of halogens is 1. The zero-order valence-corrected chi connectivity index (χ0v) is 34.0. The number of rotatable bonds is 17. The van der Waals surface area contributed by atoms with Gasteiger partial charge in [0.2, 0.25) is 0 Å². The van der Waals surface area contributed by atoms with Crippen molar-refractivity contribution in [3.63, 3.8) is 0 Å². The van der Waals surface area contributed by atoms with E-state index >= 15 is 4.39 Å². The molecule has 2 aromatic rings. The number of ether oxygens (including phenoxy) is 5. The fourth-order valence-corrected chi connectivity index (χ4v) is 6.19. The van der Waals surface area contributed by atoms with E-state index in [2.05, 4.69) is 4.90 Å². The number of carbonyl (C=O) groups is 5. The summed E-state index contributed by atoms with van der Waals surface area (Å²) in [5.41, 5.74) is -0.436. The Morgan fingerprint density at radius 1 is 0.821 bits per heavy atom. The lowest BCUT2D eigenvalue weighted by Crippen LogP contribution is -2.52. The van der Waals surface area contributed by atoms with Gasteiger partial charge in [-0.15, -0.1) is 0 Å². The number of carbonyl (C=O) groups excluding carboxylic acids is 5. The molecule has 2 amide bonds. The average Bonchev–Trinajstić information content (AvgIpc) is 3.98. The molecule has 2 aliphatic rings. The highest BCUT2D eigenvalue weighted by Crippen LogP contribution is 2.35. The summed E-state index contributed by atoms with van der Waals surface area (Å²) < 4.78 is 43.0. The predicted octanol–water partition coefficient (Wildman–Crippen LogP) is 5.65. The molecule has 13 nitrogen and oxygen atoms in total. The van der Waals surface area contributed by atoms with Crippen LogP contribution < -0.4 is 4.90 Å². The Hall–Kier alpha value is -4.72. The number of hydrogen-bond donors (Lipinski definition) is 0. The minimum atomic E-state index is -1.91. The molecule has 308 valence electrons. The molecule has 2 aromatic carbocycles. The van der Waals surface area contributed by atoms with Crippen LogP contribution in [-0.2, 0) is 55.9 Å². The van der Waals surface area contributed by atoms with Crippen LogP contribution in [0.15, 0.2) is 54.6 Å². The van der Waals surface area contributed by atoms with Gasteiger partial charge in [-0.3, -0.25) is 9.69 Å². The van der Waals surface area contributed by atoms with Crippen molar-refractivity contribution in [2.24, 2.45) is 5.92 Å². The molecular formula is C42H58FN3O10. The number of hydrogen-bond acceptors (Lipinski definition) is 11. The summed E-state index contributed by atoms with van der Waals surface area (Å²) in [5.74, 6) is -3.13. The zero-order chi connectivity index (χ0) is 41.2. The van der Waals surface area contributed by atoms with Gasteiger partial charge in [-0.1, -0.05) is 55.3 Å². The summed E-state index contributed by atoms with van der Waals surface area (Å²) >= 11 is 0. The first-order chi connectivity index (χ1) is 26.3. The molecule has 0 bridgehead atoms. The molecular weight excluding hydrogens is 725 g/mol. The van der Waals surface area contributed by atoms with Gasteiger partial charge in [0.15, 0.2) is 12.2 Å². The third-order valence-corrected chi connectivity index (χ3v) is 9.56. The third-order valence-electron chi connectivity index (χ3n) is 9.56. The highest BCUT2D eigenvalue weighted by molar-refractivity contribution is 5.90. The van der Waals surface area contributed by atoms with Crippen molar-refractivity contribution in [2.45, 2.75) is 116 Å². The fraction of sp³-hybridized carbons (Fsp3) is 0.595. The lowest BCUT2D eigenvalue weighted by molar-refractivity contribution is -0.174. The lowest BCUT2D eigenvalue weighted by atomic mass is 9.99. The Morgan fingerprint density at radius 2 is 1.43 bits per heavy atom. The molecule has 0 spiro atoms. The van der Waals surface area contributed by atoms with Gasteiger partial charge in [0, 0.05) is 45.7 Å². The second kappa shape index (κ2) is 19.4. The lowest BCUT2D eigenvalue weighted by Gasteiger charge is -2.34. The first-order valence-electron chi connectivity index (χ1n) is 19.3. The van der Waals surface area contributed by atoms with Crippen molar-refractivity contribution in [1.82, 2.24) is 9.80 Å². The van der Waals surface area contributed by atoms with Crippen molar-refractivity contribution >= 4 is 35.6 Å². The number of morpholine rings is 1. The number of anilines is 1. The van der Waals surface area contributed by atoms with Crippen LogP contribution in [0.5, 0.6) is 0 Å². The maximum Gasteiger partial charge on any atom is 0.410 e. The van der Waals surface area contributed by atoms with Crippen molar-refractivity contribution in [2.75, 3.05) is 45.3 Å². The molecule has 1 heterocycles. The van der Waals surface area contributed by atoms with Gasteiger partial charge >= 0.3 is 24.0 Å². The molecule has 1 saturated heterocycles. The topological polar surface area (TPSA) is 141 Å². The van der Waals surface area contributed by atoms with Crippen LogP contribution >= 0.6 is 0 Å². The summed E-state index contributed by atoms with van der Waals surface area (Å²) in [6, 6.07) is 14.0. The zero-order valence-electron chi connectivity index (χ0n) is 34.0. The Morgan fingerprint density at radius 3 is 2.00 bits per heavy atom. The fourth-order valence-electron chi connectivity index (χ4n) is 6.19. The first-order valence-corrected chi connectivity index (χ1v) is 19.3. The molecule has 1 aliphatic heterocycles. The van der Waals surface area contributed by atoms with Crippen LogP contribution in [0.25, 0.3) is 0 Å². The van der Waals surface area contributed by atoms with Crippen LogP contribution in [-0.4, -0.2) is 116 Å². The van der Waals surface area contributed by atoms with Crippen molar-refractivity contribution in [3.8, 4) is 0 Å². The van der Waals surface area contributed by atoms with Gasteiger partial charge in [-0.2, -0.15) is 0 Å². The van der Waals surface area contributed by atoms with Crippen LogP contribution in [0.1, 0.15) is 78.4 Å². The molecule has 2 fully saturated rings. The molecule has 4 unspecified atom stereocenters. The first kappa shape index (κ1) is 44.0.